The minimum atomic E-state index is -0.840. The number of fused-ring (bicyclic) bond motifs is 1. The molecule has 0 unspecified atom stereocenters. The first-order chi connectivity index (χ1) is 5.27. The fourth-order valence-corrected chi connectivity index (χ4v) is 1.53. The fourth-order valence-electron chi connectivity index (χ4n) is 1.53. The molecule has 60 valence electrons. The Kier molecular flexibility index (Phi) is 1.34. The van der Waals surface area contributed by atoms with Gasteiger partial charge in [-0.25, -0.2) is 9.59 Å². The van der Waals surface area contributed by atoms with E-state index >= 15 is 0 Å². The highest BCUT2D eigenvalue weighted by molar-refractivity contribution is 6.30. The molecular formula is C7H8O4. The third kappa shape index (κ3) is 0.982. The van der Waals surface area contributed by atoms with Crippen molar-refractivity contribution < 1.29 is 19.1 Å². The summed E-state index contributed by atoms with van der Waals surface area (Å²) >= 11 is 0. The van der Waals surface area contributed by atoms with Crippen LogP contribution in [-0.2, 0) is 19.1 Å². The van der Waals surface area contributed by atoms with E-state index in [1.165, 1.54) is 0 Å². The Balaban J connectivity index is 2.12. The van der Waals surface area contributed by atoms with E-state index < -0.39 is 11.9 Å². The van der Waals surface area contributed by atoms with Gasteiger partial charge in [-0.3, -0.25) is 0 Å². The fraction of sp³-hybridized carbons (Fsp3) is 0.714. The van der Waals surface area contributed by atoms with Crippen LogP contribution in [0.4, 0.5) is 0 Å². The predicted molar refractivity (Wildman–Crippen MR) is 33.6 cm³/mol. The standard InChI is InChI=1S/C7H8O4/c8-6-7(9)11-5-3-1-2-4(5)10-6/h4-5H,1-3H2/t4-,5-/m1/s1. The van der Waals surface area contributed by atoms with Gasteiger partial charge < -0.3 is 9.47 Å². The van der Waals surface area contributed by atoms with Crippen molar-refractivity contribution in [2.45, 2.75) is 31.5 Å². The van der Waals surface area contributed by atoms with Crippen LogP contribution in [0.2, 0.25) is 0 Å². The molecular weight excluding hydrogens is 148 g/mol. The van der Waals surface area contributed by atoms with E-state index in [0.717, 1.165) is 19.3 Å². The second-order valence-electron chi connectivity index (χ2n) is 2.82. The number of hydrogen-bond acceptors (Lipinski definition) is 4. The Morgan fingerprint density at radius 1 is 1.00 bits per heavy atom. The molecule has 0 N–H and O–H groups in total. The normalized spacial score (nSPS) is 36.0. The zero-order valence-electron chi connectivity index (χ0n) is 5.91. The summed E-state index contributed by atoms with van der Waals surface area (Å²) in [6.45, 7) is 0. The van der Waals surface area contributed by atoms with Gasteiger partial charge in [0, 0.05) is 0 Å². The third-order valence-electron chi connectivity index (χ3n) is 2.08. The molecule has 1 aliphatic heterocycles. The van der Waals surface area contributed by atoms with E-state index in [-0.39, 0.29) is 12.2 Å². The molecule has 11 heavy (non-hydrogen) atoms. The number of hydrogen-bond donors (Lipinski definition) is 0. The highest BCUT2D eigenvalue weighted by atomic mass is 16.6. The molecule has 2 rings (SSSR count). The Morgan fingerprint density at radius 2 is 1.45 bits per heavy atom. The summed E-state index contributed by atoms with van der Waals surface area (Å²) in [5.74, 6) is -1.68. The highest BCUT2D eigenvalue weighted by Gasteiger charge is 2.40. The molecule has 4 heteroatoms. The van der Waals surface area contributed by atoms with Crippen LogP contribution in [-0.4, -0.2) is 24.1 Å². The molecule has 4 nitrogen and oxygen atoms in total. The lowest BCUT2D eigenvalue weighted by atomic mass is 10.2. The van der Waals surface area contributed by atoms with Gasteiger partial charge in [-0.1, -0.05) is 0 Å². The van der Waals surface area contributed by atoms with Gasteiger partial charge >= 0.3 is 11.9 Å². The number of carbonyl (C=O) groups excluding carboxylic acids is 2. The molecule has 1 saturated carbocycles. The van der Waals surface area contributed by atoms with E-state index in [4.69, 9.17) is 9.47 Å². The number of esters is 2. The molecule has 1 aliphatic carbocycles. The van der Waals surface area contributed by atoms with E-state index in [9.17, 15) is 9.59 Å². The molecule has 0 spiro atoms. The van der Waals surface area contributed by atoms with Gasteiger partial charge in [0.25, 0.3) is 0 Å². The number of carbonyl (C=O) groups is 2. The van der Waals surface area contributed by atoms with E-state index in [1.807, 2.05) is 0 Å². The Hall–Kier alpha value is -1.06. The molecule has 0 aromatic heterocycles. The van der Waals surface area contributed by atoms with Crippen LogP contribution in [0.15, 0.2) is 0 Å². The van der Waals surface area contributed by atoms with Crippen LogP contribution < -0.4 is 0 Å². The second-order valence-corrected chi connectivity index (χ2v) is 2.82. The molecule has 0 amide bonds. The summed E-state index contributed by atoms with van der Waals surface area (Å²) in [6.07, 6.45) is 2.28. The minimum Gasteiger partial charge on any atom is -0.450 e. The average Bonchev–Trinajstić information content (AvgIpc) is 2.36. The monoisotopic (exact) mass is 156 g/mol. The van der Waals surface area contributed by atoms with Crippen LogP contribution in [0, 0.1) is 0 Å². The van der Waals surface area contributed by atoms with Gasteiger partial charge in [-0.2, -0.15) is 0 Å². The van der Waals surface area contributed by atoms with Crippen molar-refractivity contribution in [1.82, 2.24) is 0 Å². The van der Waals surface area contributed by atoms with Gasteiger partial charge in [0.05, 0.1) is 0 Å². The summed E-state index contributed by atoms with van der Waals surface area (Å²) in [5.41, 5.74) is 0. The Morgan fingerprint density at radius 3 is 1.91 bits per heavy atom. The molecule has 2 fully saturated rings. The van der Waals surface area contributed by atoms with Crippen molar-refractivity contribution in [2.75, 3.05) is 0 Å². The molecule has 2 atom stereocenters. The largest absolute Gasteiger partial charge is 0.450 e. The average molecular weight is 156 g/mol. The second kappa shape index (κ2) is 2.22. The van der Waals surface area contributed by atoms with Crippen molar-refractivity contribution in [1.29, 1.82) is 0 Å². The van der Waals surface area contributed by atoms with E-state index in [1.54, 1.807) is 0 Å². The first-order valence-corrected chi connectivity index (χ1v) is 3.69. The maximum absolute atomic E-state index is 10.6. The predicted octanol–water partition coefficient (Wildman–Crippen LogP) is 0.00750. The van der Waals surface area contributed by atoms with Crippen molar-refractivity contribution in [3.63, 3.8) is 0 Å². The molecule has 0 aromatic carbocycles. The Labute approximate surface area is 63.5 Å². The van der Waals surface area contributed by atoms with Gasteiger partial charge in [0.1, 0.15) is 12.2 Å². The van der Waals surface area contributed by atoms with Gasteiger partial charge in [-0.05, 0) is 19.3 Å². The zero-order valence-corrected chi connectivity index (χ0v) is 5.91. The first kappa shape index (κ1) is 6.64. The lowest BCUT2D eigenvalue weighted by molar-refractivity contribution is -0.191. The summed E-state index contributed by atoms with van der Waals surface area (Å²) in [4.78, 5) is 21.3. The van der Waals surface area contributed by atoms with E-state index in [2.05, 4.69) is 0 Å². The zero-order chi connectivity index (χ0) is 7.84. The summed E-state index contributed by atoms with van der Waals surface area (Å²) in [5, 5.41) is 0. The van der Waals surface area contributed by atoms with Crippen LogP contribution >= 0.6 is 0 Å². The van der Waals surface area contributed by atoms with Gasteiger partial charge in [-0.15, -0.1) is 0 Å². The molecule has 0 bridgehead atoms. The smallest absolute Gasteiger partial charge is 0.417 e. The number of ether oxygens (including phenoxy) is 2. The molecule has 1 saturated heterocycles. The topological polar surface area (TPSA) is 52.6 Å². The molecule has 0 aromatic rings. The third-order valence-corrected chi connectivity index (χ3v) is 2.08. The van der Waals surface area contributed by atoms with Gasteiger partial charge in [0.15, 0.2) is 0 Å². The van der Waals surface area contributed by atoms with Crippen molar-refractivity contribution in [2.24, 2.45) is 0 Å². The number of rotatable bonds is 0. The van der Waals surface area contributed by atoms with Crippen molar-refractivity contribution in [3.8, 4) is 0 Å². The maximum atomic E-state index is 10.6. The van der Waals surface area contributed by atoms with Crippen LogP contribution in [0.25, 0.3) is 0 Å². The van der Waals surface area contributed by atoms with Crippen LogP contribution in [0.3, 0.4) is 0 Å². The lowest BCUT2D eigenvalue weighted by Crippen LogP contribution is -2.41. The summed E-state index contributed by atoms with van der Waals surface area (Å²) in [7, 11) is 0. The molecule has 0 radical (unpaired) electrons. The van der Waals surface area contributed by atoms with Crippen LogP contribution in [0.5, 0.6) is 0 Å². The quantitative estimate of drug-likeness (QED) is 0.366. The molecule has 1 heterocycles. The SMILES string of the molecule is O=C1O[C@@H]2CCC[C@H]2OC1=O. The minimum absolute atomic E-state index is 0.166. The van der Waals surface area contributed by atoms with E-state index in [0.29, 0.717) is 0 Å². The maximum Gasteiger partial charge on any atom is 0.417 e. The van der Waals surface area contributed by atoms with Crippen molar-refractivity contribution >= 4 is 11.9 Å². The first-order valence-electron chi connectivity index (χ1n) is 3.69. The molecule has 2 aliphatic rings. The van der Waals surface area contributed by atoms with Gasteiger partial charge in [0.2, 0.25) is 0 Å². The summed E-state index contributed by atoms with van der Waals surface area (Å²) < 4.78 is 9.62. The lowest BCUT2D eigenvalue weighted by Gasteiger charge is -2.24. The summed E-state index contributed by atoms with van der Waals surface area (Å²) in [6, 6.07) is 0. The Bertz CT molecular complexity index is 188. The van der Waals surface area contributed by atoms with Crippen molar-refractivity contribution in [3.05, 3.63) is 0 Å². The van der Waals surface area contributed by atoms with Crippen LogP contribution in [0.1, 0.15) is 19.3 Å². The highest BCUT2D eigenvalue weighted by Crippen LogP contribution is 2.27.